The fourth-order valence-corrected chi connectivity index (χ4v) is 2.66. The molecule has 4 nitrogen and oxygen atoms in total. The number of nitrogens with one attached hydrogen (secondary N) is 1. The highest BCUT2D eigenvalue weighted by atomic mass is 15.2. The second-order valence-electron chi connectivity index (χ2n) is 4.94. The molecule has 3 rings (SSSR count). The van der Waals surface area contributed by atoms with Crippen molar-refractivity contribution in [3.05, 3.63) is 17.5 Å². The van der Waals surface area contributed by atoms with E-state index < -0.39 is 0 Å². The molecule has 0 unspecified atom stereocenters. The van der Waals surface area contributed by atoms with Gasteiger partial charge in [-0.25, -0.2) is 9.97 Å². The van der Waals surface area contributed by atoms with Gasteiger partial charge in [-0.2, -0.15) is 0 Å². The van der Waals surface area contributed by atoms with Crippen molar-refractivity contribution in [1.29, 1.82) is 0 Å². The van der Waals surface area contributed by atoms with Gasteiger partial charge >= 0.3 is 0 Å². The van der Waals surface area contributed by atoms with Crippen LogP contribution in [-0.2, 0) is 12.8 Å². The molecule has 17 heavy (non-hydrogen) atoms. The summed E-state index contributed by atoms with van der Waals surface area (Å²) in [5, 5.41) is 3.41. The Balaban J connectivity index is 1.83. The van der Waals surface area contributed by atoms with E-state index in [1.807, 2.05) is 6.20 Å². The van der Waals surface area contributed by atoms with Gasteiger partial charge in [0.15, 0.2) is 0 Å². The molecule has 2 aliphatic rings. The van der Waals surface area contributed by atoms with Crippen molar-refractivity contribution in [2.24, 2.45) is 0 Å². The Morgan fingerprint density at radius 2 is 1.88 bits per heavy atom. The van der Waals surface area contributed by atoms with E-state index in [0.29, 0.717) is 0 Å². The van der Waals surface area contributed by atoms with E-state index in [-0.39, 0.29) is 0 Å². The highest BCUT2D eigenvalue weighted by Gasteiger charge is 2.16. The molecule has 0 aliphatic carbocycles. The lowest BCUT2D eigenvalue weighted by atomic mass is 10.1. The zero-order chi connectivity index (χ0) is 11.5. The molecule has 0 saturated carbocycles. The van der Waals surface area contributed by atoms with Gasteiger partial charge in [-0.05, 0) is 37.8 Å². The molecule has 92 valence electrons. The van der Waals surface area contributed by atoms with E-state index >= 15 is 0 Å². The number of hydrogen-bond acceptors (Lipinski definition) is 4. The van der Waals surface area contributed by atoms with Crippen LogP contribution in [0.2, 0.25) is 0 Å². The average Bonchev–Trinajstić information content (AvgIpc) is 2.64. The molecule has 1 N–H and O–H groups in total. The molecule has 0 aromatic carbocycles. The van der Waals surface area contributed by atoms with Crippen molar-refractivity contribution in [3.63, 3.8) is 0 Å². The first kappa shape index (κ1) is 11.0. The first-order valence-electron chi connectivity index (χ1n) is 6.74. The predicted octanol–water partition coefficient (Wildman–Crippen LogP) is 1.16. The van der Waals surface area contributed by atoms with Crippen molar-refractivity contribution in [3.8, 4) is 0 Å². The summed E-state index contributed by atoms with van der Waals surface area (Å²) in [5.41, 5.74) is 2.58. The van der Waals surface area contributed by atoms with Gasteiger partial charge in [0, 0.05) is 32.3 Å². The lowest BCUT2D eigenvalue weighted by Gasteiger charge is -2.27. The molecule has 0 spiro atoms. The van der Waals surface area contributed by atoms with E-state index in [1.54, 1.807) is 0 Å². The fourth-order valence-electron chi connectivity index (χ4n) is 2.66. The third kappa shape index (κ3) is 2.41. The Bertz CT molecular complexity index is 385. The zero-order valence-electron chi connectivity index (χ0n) is 10.3. The van der Waals surface area contributed by atoms with Gasteiger partial charge in [-0.1, -0.05) is 0 Å². The van der Waals surface area contributed by atoms with Crippen LogP contribution in [0.1, 0.15) is 30.5 Å². The van der Waals surface area contributed by atoms with E-state index in [1.165, 1.54) is 30.5 Å². The highest BCUT2D eigenvalue weighted by Crippen LogP contribution is 2.18. The maximum absolute atomic E-state index is 4.77. The fraction of sp³-hybridized carbons (Fsp3) is 0.692. The van der Waals surface area contributed by atoms with Gasteiger partial charge in [0.05, 0.1) is 5.69 Å². The lowest BCUT2D eigenvalue weighted by Crippen LogP contribution is -2.31. The summed E-state index contributed by atoms with van der Waals surface area (Å²) >= 11 is 0. The molecule has 1 aromatic heterocycles. The first-order valence-corrected chi connectivity index (χ1v) is 6.74. The number of rotatable bonds is 1. The molecule has 4 heteroatoms. The predicted molar refractivity (Wildman–Crippen MR) is 68.4 cm³/mol. The zero-order valence-corrected chi connectivity index (χ0v) is 10.3. The van der Waals surface area contributed by atoms with E-state index in [2.05, 4.69) is 15.2 Å². The Morgan fingerprint density at radius 3 is 2.76 bits per heavy atom. The van der Waals surface area contributed by atoms with Crippen LogP contribution in [-0.4, -0.2) is 36.1 Å². The Kier molecular flexibility index (Phi) is 3.22. The number of nitrogens with zero attached hydrogens (tertiary/aromatic N) is 3. The summed E-state index contributed by atoms with van der Waals surface area (Å²) in [6, 6.07) is 0. The minimum absolute atomic E-state index is 0.949. The second-order valence-corrected chi connectivity index (χ2v) is 4.94. The number of hydrogen-bond donors (Lipinski definition) is 1. The van der Waals surface area contributed by atoms with Crippen LogP contribution in [0, 0.1) is 0 Å². The Morgan fingerprint density at radius 1 is 1.06 bits per heavy atom. The summed E-state index contributed by atoms with van der Waals surface area (Å²) in [5.74, 6) is 0.949. The van der Waals surface area contributed by atoms with Crippen molar-refractivity contribution in [2.45, 2.75) is 32.1 Å². The molecule has 0 radical (unpaired) electrons. The molecule has 0 bridgehead atoms. The minimum atomic E-state index is 0.949. The van der Waals surface area contributed by atoms with Crippen LogP contribution >= 0.6 is 0 Å². The normalized spacial score (nSPS) is 20.8. The number of anilines is 1. The van der Waals surface area contributed by atoms with Crippen LogP contribution in [0.3, 0.4) is 0 Å². The molecular formula is C13H20N4. The smallest absolute Gasteiger partial charge is 0.225 e. The maximum atomic E-state index is 4.77. The van der Waals surface area contributed by atoms with Gasteiger partial charge in [0.1, 0.15) is 0 Å². The molecular weight excluding hydrogens is 212 g/mol. The molecule has 2 aliphatic heterocycles. The van der Waals surface area contributed by atoms with Crippen molar-refractivity contribution in [2.75, 3.05) is 31.1 Å². The number of aromatic nitrogens is 2. The lowest BCUT2D eigenvalue weighted by molar-refractivity contribution is 0.567. The summed E-state index contributed by atoms with van der Waals surface area (Å²) in [6.07, 6.45) is 8.06. The van der Waals surface area contributed by atoms with Crippen molar-refractivity contribution in [1.82, 2.24) is 15.3 Å². The van der Waals surface area contributed by atoms with Gasteiger partial charge < -0.3 is 10.2 Å². The summed E-state index contributed by atoms with van der Waals surface area (Å²) in [7, 11) is 0. The van der Waals surface area contributed by atoms with Gasteiger partial charge in [0.25, 0.3) is 0 Å². The Labute approximate surface area is 102 Å². The third-order valence-corrected chi connectivity index (χ3v) is 3.69. The van der Waals surface area contributed by atoms with Crippen LogP contribution in [0.5, 0.6) is 0 Å². The molecule has 1 fully saturated rings. The maximum Gasteiger partial charge on any atom is 0.225 e. The molecule has 0 amide bonds. The minimum Gasteiger partial charge on any atom is -0.341 e. The SMILES string of the molecule is c1nc(N2CCCCC2)nc2c1CCNCC2. The summed E-state index contributed by atoms with van der Waals surface area (Å²) in [4.78, 5) is 11.7. The summed E-state index contributed by atoms with van der Waals surface area (Å²) in [6.45, 7) is 4.34. The standard InChI is InChI=1S/C13H20N4/c1-2-8-17(9-3-1)13-15-10-11-4-6-14-7-5-12(11)16-13/h10,14H,1-9H2. The van der Waals surface area contributed by atoms with Crippen molar-refractivity contribution >= 4 is 5.95 Å². The third-order valence-electron chi connectivity index (χ3n) is 3.69. The van der Waals surface area contributed by atoms with E-state index in [4.69, 9.17) is 4.98 Å². The van der Waals surface area contributed by atoms with E-state index in [9.17, 15) is 0 Å². The largest absolute Gasteiger partial charge is 0.341 e. The monoisotopic (exact) mass is 232 g/mol. The second kappa shape index (κ2) is 5.00. The van der Waals surface area contributed by atoms with Crippen LogP contribution in [0.15, 0.2) is 6.20 Å². The number of piperidine rings is 1. The van der Waals surface area contributed by atoms with Crippen LogP contribution in [0.25, 0.3) is 0 Å². The Hall–Kier alpha value is -1.16. The van der Waals surface area contributed by atoms with Crippen molar-refractivity contribution < 1.29 is 0 Å². The first-order chi connectivity index (χ1) is 8.43. The van der Waals surface area contributed by atoms with Gasteiger partial charge in [-0.3, -0.25) is 0 Å². The quantitative estimate of drug-likeness (QED) is 0.789. The van der Waals surface area contributed by atoms with Crippen LogP contribution < -0.4 is 10.2 Å². The molecule has 1 aromatic rings. The van der Waals surface area contributed by atoms with Crippen LogP contribution in [0.4, 0.5) is 5.95 Å². The molecule has 0 atom stereocenters. The molecule has 1 saturated heterocycles. The number of fused-ring (bicyclic) bond motifs is 1. The summed E-state index contributed by atoms with van der Waals surface area (Å²) < 4.78 is 0. The van der Waals surface area contributed by atoms with Gasteiger partial charge in [-0.15, -0.1) is 0 Å². The molecule has 3 heterocycles. The highest BCUT2D eigenvalue weighted by molar-refractivity contribution is 5.34. The topological polar surface area (TPSA) is 41.1 Å². The average molecular weight is 232 g/mol. The van der Waals surface area contributed by atoms with E-state index in [0.717, 1.165) is 45.0 Å². The van der Waals surface area contributed by atoms with Gasteiger partial charge in [0.2, 0.25) is 5.95 Å².